The van der Waals surface area contributed by atoms with Gasteiger partial charge >= 0.3 is 0 Å². The van der Waals surface area contributed by atoms with Gasteiger partial charge in [-0.1, -0.05) is 26.7 Å². The average Bonchev–Trinajstić information content (AvgIpc) is 2.01. The lowest BCUT2D eigenvalue weighted by Crippen LogP contribution is -2.23. The molecular formula is C9H18NO. The van der Waals surface area contributed by atoms with Crippen LogP contribution in [0.5, 0.6) is 0 Å². The highest BCUT2D eigenvalue weighted by Gasteiger charge is 1.97. The molecule has 2 heteroatoms. The number of nitrogens with one attached hydrogen (secondary N) is 1. The molecular weight excluding hydrogens is 138 g/mol. The van der Waals surface area contributed by atoms with Gasteiger partial charge in [0.15, 0.2) is 0 Å². The maximum absolute atomic E-state index is 10.9. The third-order valence-electron chi connectivity index (χ3n) is 1.51. The lowest BCUT2D eigenvalue weighted by atomic mass is 10.2. The lowest BCUT2D eigenvalue weighted by Gasteiger charge is -2.01. The van der Waals surface area contributed by atoms with Crippen LogP contribution >= 0.6 is 0 Å². The fourth-order valence-corrected chi connectivity index (χ4v) is 0.779. The van der Waals surface area contributed by atoms with Crippen LogP contribution in [-0.4, -0.2) is 12.5 Å². The molecule has 1 amide bonds. The largest absolute Gasteiger partial charge is 0.356 e. The van der Waals surface area contributed by atoms with Crippen LogP contribution in [0, 0.1) is 6.92 Å². The van der Waals surface area contributed by atoms with E-state index in [9.17, 15) is 4.79 Å². The van der Waals surface area contributed by atoms with E-state index in [0.29, 0.717) is 6.42 Å². The van der Waals surface area contributed by atoms with Crippen LogP contribution in [0.3, 0.4) is 0 Å². The molecule has 0 heterocycles. The first-order valence-corrected chi connectivity index (χ1v) is 4.37. The smallest absolute Gasteiger partial charge is 0.219 e. The minimum absolute atomic E-state index is 0.181. The van der Waals surface area contributed by atoms with E-state index in [0.717, 1.165) is 32.2 Å². The number of unbranched alkanes of at least 4 members (excludes halogenated alkanes) is 2. The normalized spacial score (nSPS) is 9.64. The molecule has 0 aromatic rings. The number of amides is 1. The summed E-state index contributed by atoms with van der Waals surface area (Å²) in [5, 5.41) is 2.84. The van der Waals surface area contributed by atoms with Crippen molar-refractivity contribution in [3.63, 3.8) is 0 Å². The summed E-state index contributed by atoms with van der Waals surface area (Å²) < 4.78 is 0. The summed E-state index contributed by atoms with van der Waals surface area (Å²) in [6.07, 6.45) is 4.64. The SMILES string of the molecule is [CH2]CCCNC(=O)CCCC. The van der Waals surface area contributed by atoms with Crippen molar-refractivity contribution in [3.8, 4) is 0 Å². The Morgan fingerprint density at radius 2 is 2.18 bits per heavy atom. The quantitative estimate of drug-likeness (QED) is 0.585. The summed E-state index contributed by atoms with van der Waals surface area (Å²) in [6, 6.07) is 0. The fraction of sp³-hybridized carbons (Fsp3) is 0.778. The third-order valence-corrected chi connectivity index (χ3v) is 1.51. The number of hydrogen-bond acceptors (Lipinski definition) is 1. The Balaban J connectivity index is 3.09. The molecule has 11 heavy (non-hydrogen) atoms. The second kappa shape index (κ2) is 7.58. The first kappa shape index (κ1) is 10.5. The fourth-order valence-electron chi connectivity index (χ4n) is 0.779. The summed E-state index contributed by atoms with van der Waals surface area (Å²) in [5.74, 6) is 0.181. The molecule has 0 spiro atoms. The molecule has 1 radical (unpaired) electrons. The van der Waals surface area contributed by atoms with E-state index in [2.05, 4.69) is 19.2 Å². The monoisotopic (exact) mass is 156 g/mol. The second-order valence-electron chi connectivity index (χ2n) is 2.66. The molecule has 0 saturated carbocycles. The van der Waals surface area contributed by atoms with Gasteiger partial charge in [-0.05, 0) is 12.8 Å². The van der Waals surface area contributed by atoms with Crippen LogP contribution in [0.4, 0.5) is 0 Å². The summed E-state index contributed by atoms with van der Waals surface area (Å²) in [5.41, 5.74) is 0. The number of carbonyl (C=O) groups is 1. The minimum Gasteiger partial charge on any atom is -0.356 e. The summed E-state index contributed by atoms with van der Waals surface area (Å²) in [7, 11) is 0. The van der Waals surface area contributed by atoms with E-state index in [1.54, 1.807) is 0 Å². The van der Waals surface area contributed by atoms with Crippen LogP contribution in [0.25, 0.3) is 0 Å². The highest BCUT2D eigenvalue weighted by molar-refractivity contribution is 5.75. The first-order valence-electron chi connectivity index (χ1n) is 4.37. The highest BCUT2D eigenvalue weighted by Crippen LogP contribution is 1.93. The predicted octanol–water partition coefficient (Wildman–Crippen LogP) is 1.91. The molecule has 0 unspecified atom stereocenters. The van der Waals surface area contributed by atoms with Gasteiger partial charge < -0.3 is 5.32 Å². The van der Waals surface area contributed by atoms with E-state index >= 15 is 0 Å². The number of hydrogen-bond donors (Lipinski definition) is 1. The molecule has 0 aliphatic rings. The van der Waals surface area contributed by atoms with Gasteiger partial charge in [0.1, 0.15) is 0 Å². The maximum Gasteiger partial charge on any atom is 0.219 e. The molecule has 0 bridgehead atoms. The van der Waals surface area contributed by atoms with Crippen molar-refractivity contribution in [1.82, 2.24) is 5.32 Å². The van der Waals surface area contributed by atoms with Crippen molar-refractivity contribution < 1.29 is 4.79 Å². The molecule has 65 valence electrons. The van der Waals surface area contributed by atoms with E-state index in [4.69, 9.17) is 0 Å². The molecule has 0 aromatic heterocycles. The zero-order chi connectivity index (χ0) is 8.53. The Hall–Kier alpha value is -0.530. The van der Waals surface area contributed by atoms with Crippen molar-refractivity contribution in [2.45, 2.75) is 39.0 Å². The molecule has 0 atom stereocenters. The number of carbonyl (C=O) groups excluding carboxylic acids is 1. The first-order chi connectivity index (χ1) is 5.31. The summed E-state index contributed by atoms with van der Waals surface area (Å²) in [4.78, 5) is 10.9. The standard InChI is InChI=1S/C9H18NO/c1-3-5-7-9(11)10-8-6-4-2/h2-8H2,1H3,(H,10,11). The van der Waals surface area contributed by atoms with Gasteiger partial charge in [-0.15, -0.1) is 0 Å². The molecule has 0 fully saturated rings. The van der Waals surface area contributed by atoms with Crippen molar-refractivity contribution in [1.29, 1.82) is 0 Å². The Morgan fingerprint density at radius 3 is 2.73 bits per heavy atom. The minimum atomic E-state index is 0.181. The average molecular weight is 156 g/mol. The predicted molar refractivity (Wildman–Crippen MR) is 47.1 cm³/mol. The van der Waals surface area contributed by atoms with E-state index < -0.39 is 0 Å². The van der Waals surface area contributed by atoms with Gasteiger partial charge in [0.2, 0.25) is 5.91 Å². The summed E-state index contributed by atoms with van der Waals surface area (Å²) >= 11 is 0. The van der Waals surface area contributed by atoms with Crippen LogP contribution in [0.2, 0.25) is 0 Å². The van der Waals surface area contributed by atoms with Crippen molar-refractivity contribution in [2.75, 3.05) is 6.54 Å². The van der Waals surface area contributed by atoms with Crippen molar-refractivity contribution in [2.24, 2.45) is 0 Å². The Bertz CT molecular complexity index is 102. The van der Waals surface area contributed by atoms with Crippen molar-refractivity contribution in [3.05, 3.63) is 6.92 Å². The van der Waals surface area contributed by atoms with E-state index in [-0.39, 0.29) is 5.91 Å². The second-order valence-corrected chi connectivity index (χ2v) is 2.66. The molecule has 1 N–H and O–H groups in total. The van der Waals surface area contributed by atoms with Crippen LogP contribution < -0.4 is 5.32 Å². The molecule has 0 aliphatic heterocycles. The van der Waals surface area contributed by atoms with Gasteiger partial charge in [0.05, 0.1) is 0 Å². The van der Waals surface area contributed by atoms with Gasteiger partial charge in [-0.25, -0.2) is 0 Å². The molecule has 0 rings (SSSR count). The topological polar surface area (TPSA) is 29.1 Å². The zero-order valence-corrected chi connectivity index (χ0v) is 7.36. The third kappa shape index (κ3) is 7.37. The molecule has 0 saturated heterocycles. The Labute approximate surface area is 69.4 Å². The number of rotatable bonds is 6. The Morgan fingerprint density at radius 1 is 1.45 bits per heavy atom. The maximum atomic E-state index is 10.9. The zero-order valence-electron chi connectivity index (χ0n) is 7.36. The molecule has 0 aromatic carbocycles. The van der Waals surface area contributed by atoms with Crippen LogP contribution in [-0.2, 0) is 4.79 Å². The van der Waals surface area contributed by atoms with Gasteiger partial charge in [0.25, 0.3) is 0 Å². The lowest BCUT2D eigenvalue weighted by molar-refractivity contribution is -0.121. The van der Waals surface area contributed by atoms with Gasteiger partial charge in [-0.2, -0.15) is 0 Å². The highest BCUT2D eigenvalue weighted by atomic mass is 16.1. The van der Waals surface area contributed by atoms with Crippen LogP contribution in [0.1, 0.15) is 39.0 Å². The molecule has 0 aliphatic carbocycles. The van der Waals surface area contributed by atoms with E-state index in [1.807, 2.05) is 0 Å². The van der Waals surface area contributed by atoms with Gasteiger partial charge in [0, 0.05) is 13.0 Å². The Kier molecular flexibility index (Phi) is 7.21. The van der Waals surface area contributed by atoms with E-state index in [1.165, 1.54) is 0 Å². The summed E-state index contributed by atoms with van der Waals surface area (Å²) in [6.45, 7) is 6.56. The van der Waals surface area contributed by atoms with Gasteiger partial charge in [-0.3, -0.25) is 4.79 Å². The van der Waals surface area contributed by atoms with Crippen LogP contribution in [0.15, 0.2) is 0 Å². The van der Waals surface area contributed by atoms with Crippen molar-refractivity contribution >= 4 is 5.91 Å². The molecule has 2 nitrogen and oxygen atoms in total.